The number of fused-ring (bicyclic) bond motifs is 1. The first-order valence-corrected chi connectivity index (χ1v) is 8.37. The highest BCUT2D eigenvalue weighted by Crippen LogP contribution is 2.28. The second-order valence-corrected chi connectivity index (χ2v) is 6.32. The van der Waals surface area contributed by atoms with E-state index < -0.39 is 0 Å². The molecular formula is C21H15ClN2O. The van der Waals surface area contributed by atoms with Crippen LogP contribution in [0.15, 0.2) is 77.6 Å². The summed E-state index contributed by atoms with van der Waals surface area (Å²) in [5, 5.41) is 1.14. The minimum absolute atomic E-state index is 0.107. The summed E-state index contributed by atoms with van der Waals surface area (Å²) < 4.78 is 1.63. The molecule has 3 aromatic carbocycles. The van der Waals surface area contributed by atoms with Gasteiger partial charge in [0.05, 0.1) is 21.6 Å². The van der Waals surface area contributed by atoms with Gasteiger partial charge in [-0.05, 0) is 43.3 Å². The van der Waals surface area contributed by atoms with Crippen LogP contribution in [0.25, 0.3) is 28.0 Å². The molecule has 1 heterocycles. The Morgan fingerprint density at radius 2 is 1.56 bits per heavy atom. The molecule has 4 rings (SSSR count). The molecule has 0 unspecified atom stereocenters. The number of hydrogen-bond donors (Lipinski definition) is 0. The molecule has 0 atom stereocenters. The van der Waals surface area contributed by atoms with Gasteiger partial charge in [-0.25, -0.2) is 4.98 Å². The van der Waals surface area contributed by atoms with E-state index >= 15 is 0 Å². The van der Waals surface area contributed by atoms with Crippen LogP contribution in [0.5, 0.6) is 0 Å². The Morgan fingerprint density at radius 3 is 2.32 bits per heavy atom. The monoisotopic (exact) mass is 346 g/mol. The summed E-state index contributed by atoms with van der Waals surface area (Å²) >= 11 is 6.39. The molecule has 0 aliphatic carbocycles. The van der Waals surface area contributed by atoms with Crippen LogP contribution in [-0.2, 0) is 0 Å². The molecule has 0 saturated carbocycles. The van der Waals surface area contributed by atoms with Crippen LogP contribution >= 0.6 is 11.6 Å². The van der Waals surface area contributed by atoms with E-state index in [2.05, 4.69) is 0 Å². The van der Waals surface area contributed by atoms with Gasteiger partial charge in [-0.2, -0.15) is 0 Å². The van der Waals surface area contributed by atoms with Crippen molar-refractivity contribution >= 4 is 22.5 Å². The maximum atomic E-state index is 13.2. The van der Waals surface area contributed by atoms with Crippen molar-refractivity contribution in [3.8, 4) is 17.1 Å². The number of aryl methyl sites for hydroxylation is 1. The quantitative estimate of drug-likeness (QED) is 0.511. The van der Waals surface area contributed by atoms with E-state index in [0.29, 0.717) is 21.7 Å². The number of rotatable bonds is 2. The van der Waals surface area contributed by atoms with E-state index in [4.69, 9.17) is 16.6 Å². The molecule has 1 aromatic heterocycles. The van der Waals surface area contributed by atoms with Gasteiger partial charge in [0.1, 0.15) is 5.82 Å². The molecular weight excluding hydrogens is 332 g/mol. The fourth-order valence-corrected chi connectivity index (χ4v) is 3.11. The number of benzene rings is 3. The minimum Gasteiger partial charge on any atom is -0.268 e. The van der Waals surface area contributed by atoms with Gasteiger partial charge in [0.15, 0.2) is 0 Å². The predicted octanol–water partition coefficient (Wildman–Crippen LogP) is 5.01. The molecule has 0 aliphatic heterocycles. The minimum atomic E-state index is -0.107. The third-order valence-electron chi connectivity index (χ3n) is 4.18. The number of para-hydroxylation sites is 1. The van der Waals surface area contributed by atoms with Crippen LogP contribution in [-0.4, -0.2) is 9.55 Å². The standard InChI is InChI=1S/C21H15ClN2O/c1-14-10-12-15(13-11-14)24-20(16-6-2-4-8-18(16)22)23-19-9-5-3-7-17(19)21(24)25/h2-13H,1H3. The average molecular weight is 347 g/mol. The lowest BCUT2D eigenvalue weighted by atomic mass is 10.1. The van der Waals surface area contributed by atoms with Gasteiger partial charge in [0, 0.05) is 5.56 Å². The fourth-order valence-electron chi connectivity index (χ4n) is 2.89. The third kappa shape index (κ3) is 2.73. The van der Waals surface area contributed by atoms with E-state index in [1.807, 2.05) is 67.6 Å². The van der Waals surface area contributed by atoms with E-state index in [9.17, 15) is 4.79 Å². The Bertz CT molecular complexity index is 1130. The van der Waals surface area contributed by atoms with Gasteiger partial charge in [0.2, 0.25) is 0 Å². The smallest absolute Gasteiger partial charge is 0.266 e. The zero-order valence-electron chi connectivity index (χ0n) is 13.6. The Kier molecular flexibility index (Phi) is 3.86. The van der Waals surface area contributed by atoms with Crippen molar-refractivity contribution in [2.75, 3.05) is 0 Å². The van der Waals surface area contributed by atoms with Gasteiger partial charge in [0.25, 0.3) is 5.56 Å². The molecule has 3 nitrogen and oxygen atoms in total. The molecule has 0 bridgehead atoms. The molecule has 4 heteroatoms. The van der Waals surface area contributed by atoms with Gasteiger partial charge < -0.3 is 0 Å². The fraction of sp³-hybridized carbons (Fsp3) is 0.0476. The highest BCUT2D eigenvalue weighted by Gasteiger charge is 2.16. The summed E-state index contributed by atoms with van der Waals surface area (Å²) in [6, 6.07) is 22.6. The van der Waals surface area contributed by atoms with Crippen molar-refractivity contribution in [3.63, 3.8) is 0 Å². The van der Waals surface area contributed by atoms with E-state index in [1.54, 1.807) is 16.7 Å². The number of hydrogen-bond acceptors (Lipinski definition) is 2. The summed E-state index contributed by atoms with van der Waals surface area (Å²) in [5.74, 6) is 0.540. The lowest BCUT2D eigenvalue weighted by molar-refractivity contribution is 0.975. The van der Waals surface area contributed by atoms with E-state index in [1.165, 1.54) is 0 Å². The van der Waals surface area contributed by atoms with Crippen LogP contribution < -0.4 is 5.56 Å². The Labute approximate surface area is 150 Å². The van der Waals surface area contributed by atoms with Crippen LogP contribution in [0, 0.1) is 6.92 Å². The lowest BCUT2D eigenvalue weighted by Gasteiger charge is -2.15. The van der Waals surface area contributed by atoms with Crippen LogP contribution in [0.1, 0.15) is 5.56 Å². The Hall–Kier alpha value is -2.91. The maximum Gasteiger partial charge on any atom is 0.266 e. The summed E-state index contributed by atoms with van der Waals surface area (Å²) in [5.41, 5.74) is 3.18. The molecule has 122 valence electrons. The van der Waals surface area contributed by atoms with Crippen LogP contribution in [0.4, 0.5) is 0 Å². The summed E-state index contributed by atoms with van der Waals surface area (Å²) in [7, 11) is 0. The van der Waals surface area contributed by atoms with E-state index in [0.717, 1.165) is 16.8 Å². The van der Waals surface area contributed by atoms with E-state index in [-0.39, 0.29) is 5.56 Å². The van der Waals surface area contributed by atoms with Gasteiger partial charge in [-0.15, -0.1) is 0 Å². The highest BCUT2D eigenvalue weighted by molar-refractivity contribution is 6.33. The molecule has 0 N–H and O–H groups in total. The third-order valence-corrected chi connectivity index (χ3v) is 4.51. The number of aromatic nitrogens is 2. The molecule has 0 aliphatic rings. The topological polar surface area (TPSA) is 34.9 Å². The zero-order chi connectivity index (χ0) is 17.4. The zero-order valence-corrected chi connectivity index (χ0v) is 14.4. The normalized spacial score (nSPS) is 11.0. The number of nitrogens with zero attached hydrogens (tertiary/aromatic N) is 2. The molecule has 0 radical (unpaired) electrons. The molecule has 0 fully saturated rings. The van der Waals surface area contributed by atoms with Crippen molar-refractivity contribution in [1.82, 2.24) is 9.55 Å². The summed E-state index contributed by atoms with van der Waals surface area (Å²) in [6.07, 6.45) is 0. The first-order chi connectivity index (χ1) is 12.1. The van der Waals surface area contributed by atoms with Crippen LogP contribution in [0.3, 0.4) is 0 Å². The first kappa shape index (κ1) is 15.6. The molecule has 0 amide bonds. The van der Waals surface area contributed by atoms with Crippen molar-refractivity contribution in [1.29, 1.82) is 0 Å². The second kappa shape index (κ2) is 6.19. The van der Waals surface area contributed by atoms with Crippen molar-refractivity contribution < 1.29 is 0 Å². The maximum absolute atomic E-state index is 13.2. The first-order valence-electron chi connectivity index (χ1n) is 7.99. The second-order valence-electron chi connectivity index (χ2n) is 5.91. The molecule has 0 spiro atoms. The molecule has 4 aromatic rings. The molecule has 25 heavy (non-hydrogen) atoms. The van der Waals surface area contributed by atoms with Gasteiger partial charge >= 0.3 is 0 Å². The number of halogens is 1. The largest absolute Gasteiger partial charge is 0.268 e. The van der Waals surface area contributed by atoms with Crippen LogP contribution in [0.2, 0.25) is 5.02 Å². The van der Waals surface area contributed by atoms with Crippen molar-refractivity contribution in [3.05, 3.63) is 93.7 Å². The van der Waals surface area contributed by atoms with Crippen molar-refractivity contribution in [2.24, 2.45) is 0 Å². The summed E-state index contributed by atoms with van der Waals surface area (Å²) in [6.45, 7) is 2.01. The molecule has 0 saturated heterocycles. The predicted molar refractivity (Wildman–Crippen MR) is 103 cm³/mol. The van der Waals surface area contributed by atoms with Crippen molar-refractivity contribution in [2.45, 2.75) is 6.92 Å². The Morgan fingerprint density at radius 1 is 0.880 bits per heavy atom. The SMILES string of the molecule is Cc1ccc(-n2c(-c3ccccc3Cl)nc3ccccc3c2=O)cc1. The van der Waals surface area contributed by atoms with Gasteiger partial charge in [-0.1, -0.05) is 53.6 Å². The Balaban J connectivity index is 2.13. The highest BCUT2D eigenvalue weighted by atomic mass is 35.5. The lowest BCUT2D eigenvalue weighted by Crippen LogP contribution is -2.22. The van der Waals surface area contributed by atoms with Gasteiger partial charge in [-0.3, -0.25) is 9.36 Å². The summed E-state index contributed by atoms with van der Waals surface area (Å²) in [4.78, 5) is 17.9. The average Bonchev–Trinajstić information content (AvgIpc) is 2.63.